The number of hydrogen-bond acceptors (Lipinski definition) is 4. The van der Waals surface area contributed by atoms with E-state index in [0.717, 1.165) is 0 Å². The third-order valence-electron chi connectivity index (χ3n) is 4.13. The molecule has 110 valence electrons. The van der Waals surface area contributed by atoms with Gasteiger partial charge in [0.05, 0.1) is 31.7 Å². The topological polar surface area (TPSA) is 55.8 Å². The van der Waals surface area contributed by atoms with Crippen molar-refractivity contribution in [2.24, 2.45) is 11.8 Å². The Bertz CT molecular complexity index is 597. The number of carbonyl (C=O) groups is 2. The molecule has 1 aromatic carbocycles. The number of ether oxygens (including phenoxy) is 2. The summed E-state index contributed by atoms with van der Waals surface area (Å²) in [5.41, 5.74) is 0.459. The van der Waals surface area contributed by atoms with Gasteiger partial charge in [0, 0.05) is 6.07 Å². The predicted molar refractivity (Wildman–Crippen MR) is 77.4 cm³/mol. The Morgan fingerprint density at radius 2 is 1.62 bits per heavy atom. The number of nitrogens with zero attached hydrogens (tertiary/aromatic N) is 1. The molecule has 1 heterocycles. The van der Waals surface area contributed by atoms with E-state index in [0.29, 0.717) is 30.0 Å². The van der Waals surface area contributed by atoms with E-state index in [9.17, 15) is 9.59 Å². The average Bonchev–Trinajstić information content (AvgIpc) is 2.78. The largest absolute Gasteiger partial charge is 0.497 e. The zero-order chi connectivity index (χ0) is 15.0. The average molecular weight is 287 g/mol. The fourth-order valence-electron chi connectivity index (χ4n) is 3.01. The van der Waals surface area contributed by atoms with Crippen LogP contribution in [0.2, 0.25) is 0 Å². The van der Waals surface area contributed by atoms with Gasteiger partial charge in [-0.15, -0.1) is 0 Å². The molecular formula is C16H17NO4. The molecule has 2 atom stereocenters. The molecule has 0 N–H and O–H groups in total. The van der Waals surface area contributed by atoms with Crippen molar-refractivity contribution in [3.8, 4) is 11.5 Å². The predicted octanol–water partition coefficient (Wildman–Crippen LogP) is 2.16. The normalized spacial score (nSPS) is 24.2. The van der Waals surface area contributed by atoms with Crippen LogP contribution in [0.25, 0.3) is 0 Å². The first-order valence-electron chi connectivity index (χ1n) is 6.92. The van der Waals surface area contributed by atoms with Crippen LogP contribution in [0.1, 0.15) is 12.8 Å². The molecule has 0 saturated carbocycles. The van der Waals surface area contributed by atoms with E-state index in [1.807, 2.05) is 12.2 Å². The van der Waals surface area contributed by atoms with Gasteiger partial charge in [0.1, 0.15) is 11.5 Å². The Morgan fingerprint density at radius 3 is 2.14 bits per heavy atom. The number of anilines is 1. The van der Waals surface area contributed by atoms with Crippen LogP contribution in [0, 0.1) is 11.8 Å². The summed E-state index contributed by atoms with van der Waals surface area (Å²) in [4.78, 5) is 26.4. The van der Waals surface area contributed by atoms with Crippen molar-refractivity contribution in [1.29, 1.82) is 0 Å². The van der Waals surface area contributed by atoms with Crippen LogP contribution in [0.15, 0.2) is 30.4 Å². The van der Waals surface area contributed by atoms with E-state index in [1.54, 1.807) is 25.3 Å². The Hall–Kier alpha value is -2.30. The van der Waals surface area contributed by atoms with E-state index in [1.165, 1.54) is 12.0 Å². The van der Waals surface area contributed by atoms with Gasteiger partial charge in [-0.1, -0.05) is 12.2 Å². The lowest BCUT2D eigenvalue weighted by atomic mass is 9.85. The molecule has 0 radical (unpaired) electrons. The summed E-state index contributed by atoms with van der Waals surface area (Å²) in [5, 5.41) is 0. The lowest BCUT2D eigenvalue weighted by Crippen LogP contribution is -2.31. The summed E-state index contributed by atoms with van der Waals surface area (Å²) < 4.78 is 10.5. The number of hydrogen-bond donors (Lipinski definition) is 0. The third-order valence-corrected chi connectivity index (χ3v) is 4.13. The van der Waals surface area contributed by atoms with Crippen LogP contribution < -0.4 is 14.4 Å². The Labute approximate surface area is 123 Å². The van der Waals surface area contributed by atoms with Crippen molar-refractivity contribution in [2.45, 2.75) is 12.8 Å². The number of benzene rings is 1. The van der Waals surface area contributed by atoms with E-state index in [2.05, 4.69) is 0 Å². The molecule has 2 aliphatic rings. The zero-order valence-corrected chi connectivity index (χ0v) is 12.0. The highest BCUT2D eigenvalue weighted by Crippen LogP contribution is 2.41. The number of imide groups is 1. The van der Waals surface area contributed by atoms with E-state index >= 15 is 0 Å². The Kier molecular flexibility index (Phi) is 3.41. The molecule has 0 unspecified atom stereocenters. The number of fused-ring (bicyclic) bond motifs is 1. The summed E-state index contributed by atoms with van der Waals surface area (Å²) in [5.74, 6) is 0.266. The van der Waals surface area contributed by atoms with Crippen molar-refractivity contribution in [3.63, 3.8) is 0 Å². The maximum Gasteiger partial charge on any atom is 0.238 e. The minimum Gasteiger partial charge on any atom is -0.497 e. The second-order valence-electron chi connectivity index (χ2n) is 5.21. The van der Waals surface area contributed by atoms with E-state index in [4.69, 9.17) is 9.47 Å². The standard InChI is InChI=1S/C16H17NO4/c1-20-10-7-8-14(21-2)13(9-10)17-15(18)11-5-3-4-6-12(11)16(17)19/h3-4,7-9,11-12H,5-6H2,1-2H3/t11-,12-/m1/s1. The zero-order valence-electron chi connectivity index (χ0n) is 12.0. The van der Waals surface area contributed by atoms with E-state index < -0.39 is 0 Å². The van der Waals surface area contributed by atoms with Crippen molar-refractivity contribution in [3.05, 3.63) is 30.4 Å². The molecular weight excluding hydrogens is 270 g/mol. The van der Waals surface area contributed by atoms with Crippen molar-refractivity contribution >= 4 is 17.5 Å². The quantitative estimate of drug-likeness (QED) is 0.631. The van der Waals surface area contributed by atoms with Crippen LogP contribution in [-0.4, -0.2) is 26.0 Å². The first-order chi connectivity index (χ1) is 10.2. The second-order valence-corrected chi connectivity index (χ2v) is 5.21. The highest BCUT2D eigenvalue weighted by molar-refractivity contribution is 6.23. The minimum absolute atomic E-state index is 0.152. The fourth-order valence-corrected chi connectivity index (χ4v) is 3.01. The number of amides is 2. The Balaban J connectivity index is 2.04. The van der Waals surface area contributed by atoms with Crippen molar-refractivity contribution in [2.75, 3.05) is 19.1 Å². The molecule has 1 aliphatic heterocycles. The molecule has 1 aromatic rings. The van der Waals surface area contributed by atoms with Crippen LogP contribution in [-0.2, 0) is 9.59 Å². The molecule has 5 nitrogen and oxygen atoms in total. The lowest BCUT2D eigenvalue weighted by molar-refractivity contribution is -0.122. The van der Waals surface area contributed by atoms with Crippen LogP contribution in [0.4, 0.5) is 5.69 Å². The molecule has 3 rings (SSSR count). The van der Waals surface area contributed by atoms with Gasteiger partial charge in [-0.05, 0) is 25.0 Å². The SMILES string of the molecule is COc1ccc(OC)c(N2C(=O)[C@@H]3CC=CC[C@H]3C2=O)c1. The molecule has 2 amide bonds. The smallest absolute Gasteiger partial charge is 0.238 e. The maximum absolute atomic E-state index is 12.6. The summed E-state index contributed by atoms with van der Waals surface area (Å²) >= 11 is 0. The summed E-state index contributed by atoms with van der Waals surface area (Å²) in [6.07, 6.45) is 5.19. The van der Waals surface area contributed by atoms with Gasteiger partial charge in [0.2, 0.25) is 11.8 Å². The first kappa shape index (κ1) is 13.7. The monoisotopic (exact) mass is 287 g/mol. The summed E-state index contributed by atoms with van der Waals surface area (Å²) in [6.45, 7) is 0. The van der Waals surface area contributed by atoms with Crippen LogP contribution in [0.5, 0.6) is 11.5 Å². The first-order valence-corrected chi connectivity index (χ1v) is 6.92. The summed E-state index contributed by atoms with van der Waals surface area (Å²) in [6, 6.07) is 5.11. The van der Waals surface area contributed by atoms with Crippen molar-refractivity contribution < 1.29 is 19.1 Å². The molecule has 1 aliphatic carbocycles. The maximum atomic E-state index is 12.6. The number of allylic oxidation sites excluding steroid dienone is 2. The molecule has 0 spiro atoms. The van der Waals surface area contributed by atoms with Crippen LogP contribution >= 0.6 is 0 Å². The molecule has 0 bridgehead atoms. The van der Waals surface area contributed by atoms with Gasteiger partial charge < -0.3 is 9.47 Å². The number of carbonyl (C=O) groups excluding carboxylic acids is 2. The highest BCUT2D eigenvalue weighted by atomic mass is 16.5. The lowest BCUT2D eigenvalue weighted by Gasteiger charge is -2.18. The minimum atomic E-state index is -0.251. The van der Waals surface area contributed by atoms with Gasteiger partial charge in [0.15, 0.2) is 0 Å². The molecule has 5 heteroatoms. The Morgan fingerprint density at radius 1 is 1.00 bits per heavy atom. The second kappa shape index (κ2) is 5.24. The molecule has 21 heavy (non-hydrogen) atoms. The van der Waals surface area contributed by atoms with E-state index in [-0.39, 0.29) is 23.7 Å². The van der Waals surface area contributed by atoms with Gasteiger partial charge in [-0.3, -0.25) is 9.59 Å². The molecule has 1 saturated heterocycles. The molecule has 1 fully saturated rings. The summed E-state index contributed by atoms with van der Waals surface area (Å²) in [7, 11) is 3.06. The molecule has 0 aromatic heterocycles. The van der Waals surface area contributed by atoms with Gasteiger partial charge in [0.25, 0.3) is 0 Å². The number of methoxy groups -OCH3 is 2. The van der Waals surface area contributed by atoms with Gasteiger partial charge in [-0.2, -0.15) is 0 Å². The van der Waals surface area contributed by atoms with Gasteiger partial charge in [-0.25, -0.2) is 4.90 Å². The van der Waals surface area contributed by atoms with Crippen LogP contribution in [0.3, 0.4) is 0 Å². The number of rotatable bonds is 3. The van der Waals surface area contributed by atoms with Gasteiger partial charge >= 0.3 is 0 Å². The highest BCUT2D eigenvalue weighted by Gasteiger charge is 2.48. The fraction of sp³-hybridized carbons (Fsp3) is 0.375. The third kappa shape index (κ3) is 2.09. The van der Waals surface area contributed by atoms with Crippen molar-refractivity contribution in [1.82, 2.24) is 0 Å².